The second kappa shape index (κ2) is 7.56. The van der Waals surface area contributed by atoms with Crippen LogP contribution in [0.15, 0.2) is 10.8 Å². The summed E-state index contributed by atoms with van der Waals surface area (Å²) >= 11 is 3.59. The highest BCUT2D eigenvalue weighted by Crippen LogP contribution is 2.29. The topological polar surface area (TPSA) is 41.1 Å². The van der Waals surface area contributed by atoms with Gasteiger partial charge in [-0.15, -0.1) is 0 Å². The predicted octanol–water partition coefficient (Wildman–Crippen LogP) is 3.54. The minimum atomic E-state index is 0.656. The lowest BCUT2D eigenvalue weighted by molar-refractivity contribution is 0.557. The second-order valence-corrected chi connectivity index (χ2v) is 5.47. The maximum absolute atomic E-state index is 4.36. The molecular formula is C13H23BrN4. The van der Waals surface area contributed by atoms with Crippen molar-refractivity contribution in [3.05, 3.63) is 10.8 Å². The summed E-state index contributed by atoms with van der Waals surface area (Å²) in [7, 11) is 2.07. The van der Waals surface area contributed by atoms with Gasteiger partial charge in [0.15, 0.2) is 0 Å². The Bertz CT molecular complexity index is 370. The average molecular weight is 315 g/mol. The number of nitrogens with one attached hydrogen (secondary N) is 1. The molecule has 1 N–H and O–H groups in total. The molecule has 4 nitrogen and oxygen atoms in total. The van der Waals surface area contributed by atoms with Gasteiger partial charge in [-0.1, -0.05) is 27.2 Å². The molecule has 1 atom stereocenters. The van der Waals surface area contributed by atoms with E-state index in [1.807, 2.05) is 0 Å². The van der Waals surface area contributed by atoms with Gasteiger partial charge in [0.1, 0.15) is 22.4 Å². The summed E-state index contributed by atoms with van der Waals surface area (Å²) in [6.45, 7) is 8.52. The summed E-state index contributed by atoms with van der Waals surface area (Å²) < 4.78 is 0.948. The molecule has 0 aromatic carbocycles. The van der Waals surface area contributed by atoms with Crippen molar-refractivity contribution >= 4 is 27.6 Å². The van der Waals surface area contributed by atoms with E-state index in [-0.39, 0.29) is 0 Å². The van der Waals surface area contributed by atoms with Crippen molar-refractivity contribution in [3.63, 3.8) is 0 Å². The fraction of sp³-hybridized carbons (Fsp3) is 0.692. The number of rotatable bonds is 7. The summed E-state index contributed by atoms with van der Waals surface area (Å²) in [6, 6.07) is 0. The van der Waals surface area contributed by atoms with Gasteiger partial charge in [-0.25, -0.2) is 9.97 Å². The Kier molecular flexibility index (Phi) is 6.39. The fourth-order valence-corrected chi connectivity index (χ4v) is 2.32. The molecule has 0 aliphatic rings. The first-order chi connectivity index (χ1) is 8.60. The molecule has 0 saturated carbocycles. The maximum Gasteiger partial charge on any atom is 0.148 e. The Morgan fingerprint density at radius 3 is 2.72 bits per heavy atom. The monoisotopic (exact) mass is 314 g/mol. The van der Waals surface area contributed by atoms with E-state index >= 15 is 0 Å². The lowest BCUT2D eigenvalue weighted by Crippen LogP contribution is -2.25. The second-order valence-electron chi connectivity index (χ2n) is 4.68. The molecule has 1 aromatic rings. The zero-order valence-corrected chi connectivity index (χ0v) is 13.3. The number of nitrogens with zero attached hydrogens (tertiary/aromatic N) is 3. The Hall–Kier alpha value is -0.840. The largest absolute Gasteiger partial charge is 0.369 e. The number of halogens is 1. The lowest BCUT2D eigenvalue weighted by Gasteiger charge is -2.23. The highest BCUT2D eigenvalue weighted by Gasteiger charge is 2.13. The van der Waals surface area contributed by atoms with Gasteiger partial charge in [-0.2, -0.15) is 0 Å². The van der Waals surface area contributed by atoms with Gasteiger partial charge in [-0.05, 0) is 28.3 Å². The van der Waals surface area contributed by atoms with E-state index in [0.29, 0.717) is 5.92 Å². The molecule has 0 spiro atoms. The summed E-state index contributed by atoms with van der Waals surface area (Å²) in [5.74, 6) is 2.48. The number of aromatic nitrogens is 2. The molecule has 5 heteroatoms. The zero-order valence-electron chi connectivity index (χ0n) is 11.7. The highest BCUT2D eigenvalue weighted by atomic mass is 79.9. The summed E-state index contributed by atoms with van der Waals surface area (Å²) in [4.78, 5) is 10.8. The van der Waals surface area contributed by atoms with Gasteiger partial charge in [0.2, 0.25) is 0 Å². The average Bonchev–Trinajstić information content (AvgIpc) is 2.37. The molecule has 0 amide bonds. The normalized spacial score (nSPS) is 12.3. The lowest BCUT2D eigenvalue weighted by atomic mass is 10.1. The van der Waals surface area contributed by atoms with Crippen molar-refractivity contribution in [2.24, 2.45) is 5.92 Å². The van der Waals surface area contributed by atoms with Crippen molar-refractivity contribution in [1.29, 1.82) is 0 Å². The van der Waals surface area contributed by atoms with Crippen LogP contribution in [0.5, 0.6) is 0 Å². The van der Waals surface area contributed by atoms with E-state index in [2.05, 4.69) is 63.9 Å². The van der Waals surface area contributed by atoms with Crippen molar-refractivity contribution in [2.75, 3.05) is 30.4 Å². The zero-order chi connectivity index (χ0) is 13.5. The molecule has 0 saturated heterocycles. The van der Waals surface area contributed by atoms with Crippen molar-refractivity contribution in [3.8, 4) is 0 Å². The molecule has 1 aromatic heterocycles. The first-order valence-corrected chi connectivity index (χ1v) is 7.34. The quantitative estimate of drug-likeness (QED) is 0.835. The third-order valence-electron chi connectivity index (χ3n) is 2.96. The molecule has 0 aliphatic heterocycles. The van der Waals surface area contributed by atoms with Crippen LogP contribution in [0.2, 0.25) is 0 Å². The smallest absolute Gasteiger partial charge is 0.148 e. The van der Waals surface area contributed by atoms with Crippen LogP contribution < -0.4 is 10.2 Å². The van der Waals surface area contributed by atoms with Crippen LogP contribution in [0.3, 0.4) is 0 Å². The molecule has 1 rings (SSSR count). The minimum Gasteiger partial charge on any atom is -0.369 e. The summed E-state index contributed by atoms with van der Waals surface area (Å²) in [6.07, 6.45) is 3.87. The third-order valence-corrected chi connectivity index (χ3v) is 3.69. The van der Waals surface area contributed by atoms with E-state index < -0.39 is 0 Å². The van der Waals surface area contributed by atoms with Crippen LogP contribution in [-0.4, -0.2) is 30.1 Å². The van der Waals surface area contributed by atoms with Crippen LogP contribution in [0.25, 0.3) is 0 Å². The minimum absolute atomic E-state index is 0.656. The molecule has 1 heterocycles. The van der Waals surface area contributed by atoms with E-state index in [9.17, 15) is 0 Å². The first kappa shape index (κ1) is 15.2. The van der Waals surface area contributed by atoms with Gasteiger partial charge in [0.05, 0.1) is 0 Å². The van der Waals surface area contributed by atoms with E-state index in [4.69, 9.17) is 0 Å². The van der Waals surface area contributed by atoms with Gasteiger partial charge in [0, 0.05) is 20.1 Å². The third kappa shape index (κ3) is 4.12. The maximum atomic E-state index is 4.36. The van der Waals surface area contributed by atoms with E-state index in [1.165, 1.54) is 6.42 Å². The molecule has 0 fully saturated rings. The predicted molar refractivity (Wildman–Crippen MR) is 81.2 cm³/mol. The van der Waals surface area contributed by atoms with Crippen LogP contribution in [0.4, 0.5) is 11.6 Å². The molecule has 1 unspecified atom stereocenters. The standard InChI is InChI=1S/C13H23BrN4/c1-5-7-15-12-11(14)13(17-9-16-12)18(4)8-10(3)6-2/h9-10H,5-8H2,1-4H3,(H,15,16,17). The number of anilines is 2. The Morgan fingerprint density at radius 2 is 2.11 bits per heavy atom. The molecule has 18 heavy (non-hydrogen) atoms. The Labute approximate surface area is 118 Å². The van der Waals surface area contributed by atoms with E-state index in [0.717, 1.165) is 35.6 Å². The van der Waals surface area contributed by atoms with Crippen LogP contribution in [-0.2, 0) is 0 Å². The van der Waals surface area contributed by atoms with Crippen LogP contribution in [0.1, 0.15) is 33.6 Å². The fourth-order valence-electron chi connectivity index (χ4n) is 1.68. The molecule has 0 radical (unpaired) electrons. The number of hydrogen-bond donors (Lipinski definition) is 1. The van der Waals surface area contributed by atoms with E-state index in [1.54, 1.807) is 6.33 Å². The van der Waals surface area contributed by atoms with Gasteiger partial charge in [0.25, 0.3) is 0 Å². The molecule has 0 bridgehead atoms. The highest BCUT2D eigenvalue weighted by molar-refractivity contribution is 9.10. The Balaban J connectivity index is 2.81. The number of hydrogen-bond acceptors (Lipinski definition) is 4. The van der Waals surface area contributed by atoms with Crippen molar-refractivity contribution in [1.82, 2.24) is 9.97 Å². The summed E-state index contributed by atoms with van der Waals surface area (Å²) in [5, 5.41) is 3.30. The molecular weight excluding hydrogens is 292 g/mol. The molecule has 0 aliphatic carbocycles. The van der Waals surface area contributed by atoms with Crippen molar-refractivity contribution in [2.45, 2.75) is 33.6 Å². The molecule has 102 valence electrons. The van der Waals surface area contributed by atoms with Gasteiger partial charge < -0.3 is 10.2 Å². The van der Waals surface area contributed by atoms with Gasteiger partial charge in [-0.3, -0.25) is 0 Å². The van der Waals surface area contributed by atoms with Crippen molar-refractivity contribution < 1.29 is 0 Å². The van der Waals surface area contributed by atoms with Crippen LogP contribution in [0, 0.1) is 5.92 Å². The van der Waals surface area contributed by atoms with Gasteiger partial charge >= 0.3 is 0 Å². The van der Waals surface area contributed by atoms with Crippen LogP contribution >= 0.6 is 15.9 Å². The first-order valence-electron chi connectivity index (χ1n) is 6.55. The Morgan fingerprint density at radius 1 is 1.39 bits per heavy atom. The summed E-state index contributed by atoms with van der Waals surface area (Å²) in [5.41, 5.74) is 0. The SMILES string of the molecule is CCCNc1ncnc(N(C)CC(C)CC)c1Br.